The van der Waals surface area contributed by atoms with Crippen LogP contribution in [0.5, 0.6) is 0 Å². The molecule has 0 radical (unpaired) electrons. The smallest absolute Gasteiger partial charge is 0.321 e. The first-order chi connectivity index (χ1) is 8.70. The predicted octanol–water partition coefficient (Wildman–Crippen LogP) is 2.16. The van der Waals surface area contributed by atoms with Crippen LogP contribution in [0, 0.1) is 11.3 Å². The number of nitrogens with zero attached hydrogens (tertiary/aromatic N) is 2. The van der Waals surface area contributed by atoms with Crippen LogP contribution < -0.4 is 11.1 Å². The Kier molecular flexibility index (Phi) is 3.68. The molecule has 0 aromatic heterocycles. The molecule has 5 heteroatoms. The normalized spacial score (nSPS) is 14.9. The van der Waals surface area contributed by atoms with Crippen LogP contribution in [-0.2, 0) is 0 Å². The molecule has 0 saturated carbocycles. The van der Waals surface area contributed by atoms with Crippen molar-refractivity contribution in [2.24, 2.45) is 0 Å². The highest BCUT2D eigenvalue weighted by atomic mass is 16.2. The summed E-state index contributed by atoms with van der Waals surface area (Å²) in [6.45, 7) is 1.56. The number of nitrogens with one attached hydrogen (secondary N) is 1. The first-order valence-corrected chi connectivity index (χ1v) is 6.06. The maximum atomic E-state index is 12.0. The van der Waals surface area contributed by atoms with Gasteiger partial charge in [0.2, 0.25) is 0 Å². The van der Waals surface area contributed by atoms with Crippen LogP contribution in [0.2, 0.25) is 0 Å². The van der Waals surface area contributed by atoms with Crippen LogP contribution in [0.4, 0.5) is 16.2 Å². The zero-order valence-corrected chi connectivity index (χ0v) is 10.1. The lowest BCUT2D eigenvalue weighted by Crippen LogP contribution is -2.38. The number of piperidine rings is 1. The first-order valence-electron chi connectivity index (χ1n) is 6.06. The Hall–Kier alpha value is -2.22. The lowest BCUT2D eigenvalue weighted by Gasteiger charge is -2.27. The summed E-state index contributed by atoms with van der Waals surface area (Å²) in [5.74, 6) is 0. The molecule has 0 bridgehead atoms. The summed E-state index contributed by atoms with van der Waals surface area (Å²) in [5.41, 5.74) is 7.02. The van der Waals surface area contributed by atoms with Crippen LogP contribution in [0.15, 0.2) is 18.2 Å². The number of benzene rings is 1. The monoisotopic (exact) mass is 244 g/mol. The largest absolute Gasteiger partial charge is 0.399 e. The van der Waals surface area contributed by atoms with Gasteiger partial charge in [0, 0.05) is 18.8 Å². The van der Waals surface area contributed by atoms with E-state index in [1.807, 2.05) is 6.07 Å². The Labute approximate surface area is 106 Å². The molecule has 3 N–H and O–H groups in total. The van der Waals surface area contributed by atoms with Gasteiger partial charge in [0.1, 0.15) is 6.07 Å². The van der Waals surface area contributed by atoms with Gasteiger partial charge in [-0.3, -0.25) is 0 Å². The molecule has 1 aromatic carbocycles. The molecule has 1 fully saturated rings. The molecule has 94 valence electrons. The lowest BCUT2D eigenvalue weighted by atomic mass is 10.1. The van der Waals surface area contributed by atoms with E-state index in [1.54, 1.807) is 23.1 Å². The van der Waals surface area contributed by atoms with Crippen LogP contribution in [0.25, 0.3) is 0 Å². The predicted molar refractivity (Wildman–Crippen MR) is 70.0 cm³/mol. The third-order valence-electron chi connectivity index (χ3n) is 3.05. The molecule has 0 aliphatic carbocycles. The summed E-state index contributed by atoms with van der Waals surface area (Å²) >= 11 is 0. The Morgan fingerprint density at radius 3 is 2.72 bits per heavy atom. The second-order valence-corrected chi connectivity index (χ2v) is 4.39. The average molecular weight is 244 g/mol. The average Bonchev–Trinajstić information content (AvgIpc) is 2.41. The number of hydrogen-bond donors (Lipinski definition) is 2. The fourth-order valence-corrected chi connectivity index (χ4v) is 2.05. The number of likely N-dealkylation sites (tertiary alicyclic amines) is 1. The lowest BCUT2D eigenvalue weighted by molar-refractivity contribution is 0.200. The second kappa shape index (κ2) is 5.41. The molecule has 18 heavy (non-hydrogen) atoms. The fourth-order valence-electron chi connectivity index (χ4n) is 2.05. The highest BCUT2D eigenvalue weighted by Crippen LogP contribution is 2.19. The molecule has 0 spiro atoms. The Morgan fingerprint density at radius 2 is 2.06 bits per heavy atom. The topological polar surface area (TPSA) is 82.1 Å². The maximum Gasteiger partial charge on any atom is 0.321 e. The summed E-state index contributed by atoms with van der Waals surface area (Å²) in [4.78, 5) is 13.8. The number of amides is 2. The van der Waals surface area contributed by atoms with Crippen molar-refractivity contribution in [2.45, 2.75) is 19.3 Å². The van der Waals surface area contributed by atoms with Gasteiger partial charge in [0.05, 0.1) is 11.3 Å². The number of rotatable bonds is 1. The molecule has 2 rings (SSSR count). The van der Waals surface area contributed by atoms with Crippen molar-refractivity contribution >= 4 is 17.4 Å². The SMILES string of the molecule is N#Cc1cc(N)ccc1NC(=O)N1CCCCC1. The van der Waals surface area contributed by atoms with Gasteiger partial charge in [0.25, 0.3) is 0 Å². The van der Waals surface area contributed by atoms with Crippen molar-refractivity contribution in [1.82, 2.24) is 4.90 Å². The van der Waals surface area contributed by atoms with Crippen molar-refractivity contribution in [3.63, 3.8) is 0 Å². The molecule has 1 aliphatic rings. The van der Waals surface area contributed by atoms with Crippen molar-refractivity contribution in [3.05, 3.63) is 23.8 Å². The number of carbonyl (C=O) groups excluding carboxylic acids is 1. The molecular formula is C13H16N4O. The van der Waals surface area contributed by atoms with Gasteiger partial charge in [-0.25, -0.2) is 4.79 Å². The minimum absolute atomic E-state index is 0.143. The number of hydrogen-bond acceptors (Lipinski definition) is 3. The van der Waals surface area contributed by atoms with Crippen LogP contribution in [0.1, 0.15) is 24.8 Å². The van der Waals surface area contributed by atoms with E-state index in [2.05, 4.69) is 5.32 Å². The zero-order valence-electron chi connectivity index (χ0n) is 10.1. The van der Waals surface area contributed by atoms with E-state index >= 15 is 0 Å². The fraction of sp³-hybridized carbons (Fsp3) is 0.385. The van der Waals surface area contributed by atoms with E-state index in [1.165, 1.54) is 6.42 Å². The summed E-state index contributed by atoms with van der Waals surface area (Å²) in [7, 11) is 0. The third-order valence-corrected chi connectivity index (χ3v) is 3.05. The molecule has 1 heterocycles. The van der Waals surface area contributed by atoms with Gasteiger partial charge < -0.3 is 16.0 Å². The molecule has 0 atom stereocenters. The van der Waals surface area contributed by atoms with E-state index in [4.69, 9.17) is 11.0 Å². The number of carbonyl (C=O) groups is 1. The van der Waals surface area contributed by atoms with E-state index < -0.39 is 0 Å². The summed E-state index contributed by atoms with van der Waals surface area (Å²) in [5, 5.41) is 11.8. The van der Waals surface area contributed by atoms with Crippen molar-refractivity contribution in [2.75, 3.05) is 24.1 Å². The third kappa shape index (κ3) is 2.72. The van der Waals surface area contributed by atoms with Gasteiger partial charge >= 0.3 is 6.03 Å². The molecule has 2 amide bonds. The Bertz CT molecular complexity index is 486. The number of urea groups is 1. The number of nitrogen functional groups attached to an aromatic ring is 1. The second-order valence-electron chi connectivity index (χ2n) is 4.39. The number of nitrogens with two attached hydrogens (primary N) is 1. The van der Waals surface area contributed by atoms with Crippen LogP contribution >= 0.6 is 0 Å². The van der Waals surface area contributed by atoms with E-state index in [0.29, 0.717) is 16.9 Å². The molecule has 5 nitrogen and oxygen atoms in total. The standard InChI is InChI=1S/C13H16N4O/c14-9-10-8-11(15)4-5-12(10)16-13(18)17-6-2-1-3-7-17/h4-5,8H,1-3,6-7,15H2,(H,16,18). The van der Waals surface area contributed by atoms with Crippen LogP contribution in [0.3, 0.4) is 0 Å². The Balaban J connectivity index is 2.09. The Morgan fingerprint density at radius 1 is 1.33 bits per heavy atom. The zero-order chi connectivity index (χ0) is 13.0. The number of nitriles is 1. The highest BCUT2D eigenvalue weighted by Gasteiger charge is 2.17. The van der Waals surface area contributed by atoms with Gasteiger partial charge in [-0.1, -0.05) is 0 Å². The van der Waals surface area contributed by atoms with Crippen LogP contribution in [-0.4, -0.2) is 24.0 Å². The number of anilines is 2. The van der Waals surface area contributed by atoms with Crippen molar-refractivity contribution in [3.8, 4) is 6.07 Å². The minimum atomic E-state index is -0.143. The van der Waals surface area contributed by atoms with Crippen molar-refractivity contribution < 1.29 is 4.79 Å². The molecule has 1 aliphatic heterocycles. The molecule has 1 saturated heterocycles. The highest BCUT2D eigenvalue weighted by molar-refractivity contribution is 5.91. The quantitative estimate of drug-likeness (QED) is 0.742. The maximum absolute atomic E-state index is 12.0. The molecule has 0 unspecified atom stereocenters. The van der Waals surface area contributed by atoms with Crippen molar-refractivity contribution in [1.29, 1.82) is 5.26 Å². The van der Waals surface area contributed by atoms with Gasteiger partial charge in [-0.05, 0) is 37.5 Å². The summed E-state index contributed by atoms with van der Waals surface area (Å²) < 4.78 is 0. The molecule has 1 aromatic rings. The van der Waals surface area contributed by atoms with E-state index in [9.17, 15) is 4.79 Å². The summed E-state index contributed by atoms with van der Waals surface area (Å²) in [6.07, 6.45) is 3.26. The van der Waals surface area contributed by atoms with Gasteiger partial charge in [-0.2, -0.15) is 5.26 Å². The first kappa shape index (κ1) is 12.2. The summed E-state index contributed by atoms with van der Waals surface area (Å²) in [6, 6.07) is 6.79. The molecular weight excluding hydrogens is 228 g/mol. The van der Waals surface area contributed by atoms with Gasteiger partial charge in [-0.15, -0.1) is 0 Å². The van der Waals surface area contributed by atoms with Gasteiger partial charge in [0.15, 0.2) is 0 Å². The van der Waals surface area contributed by atoms with E-state index in [-0.39, 0.29) is 6.03 Å². The minimum Gasteiger partial charge on any atom is -0.399 e. The van der Waals surface area contributed by atoms with E-state index in [0.717, 1.165) is 25.9 Å².